The molecule has 1 aromatic rings. The molecule has 0 aliphatic rings. The van der Waals surface area contributed by atoms with Crippen LogP contribution in [0.3, 0.4) is 0 Å². The van der Waals surface area contributed by atoms with E-state index in [2.05, 4.69) is 0 Å². The van der Waals surface area contributed by atoms with Gasteiger partial charge in [0.1, 0.15) is 0 Å². The second-order valence-electron chi connectivity index (χ2n) is 5.74. The van der Waals surface area contributed by atoms with Gasteiger partial charge in [-0.05, 0) is 0 Å². The van der Waals surface area contributed by atoms with Crippen LogP contribution in [-0.4, -0.2) is 32.6 Å². The van der Waals surface area contributed by atoms with Crippen LogP contribution in [0.2, 0.25) is 0 Å². The maximum absolute atomic E-state index is 13.3. The van der Waals surface area contributed by atoms with Crippen LogP contribution < -0.4 is 0 Å². The average molecular weight is 302 g/mol. The van der Waals surface area contributed by atoms with Gasteiger partial charge < -0.3 is 0 Å². The normalized spacial score (nSPS) is 13.8. The van der Waals surface area contributed by atoms with Gasteiger partial charge in [0.05, 0.1) is 0 Å². The van der Waals surface area contributed by atoms with Crippen LogP contribution >= 0.6 is 6.83 Å². The zero-order valence-corrected chi connectivity index (χ0v) is 11.5. The number of hydrogen-bond donors (Lipinski definition) is 0. The predicted octanol–water partition coefficient (Wildman–Crippen LogP) is 3.53. The maximum atomic E-state index is 13.3. The first-order valence-electron chi connectivity index (χ1n) is 5.07. The van der Waals surface area contributed by atoms with Crippen molar-refractivity contribution in [1.82, 2.24) is 0 Å². The van der Waals surface area contributed by atoms with Crippen LogP contribution in [0.15, 0.2) is 0 Å². The minimum absolute atomic E-state index is 1.54. The van der Waals surface area contributed by atoms with Crippen molar-refractivity contribution in [2.45, 2.75) is 0 Å². The molecular weight excluding hydrogens is 290 g/mol. The second kappa shape index (κ2) is 4.40. The standard InChI is InChI=1S/C11H12F5O2P/c1-19(2,3,4)18-11(17)5-6(12)8(14)10(16)9(15)7(5)13/h1-4H3. The van der Waals surface area contributed by atoms with Crippen LogP contribution in [0.4, 0.5) is 22.0 Å². The molecule has 0 heterocycles. The van der Waals surface area contributed by atoms with Crippen LogP contribution in [0, 0.1) is 29.1 Å². The topological polar surface area (TPSA) is 26.3 Å². The summed E-state index contributed by atoms with van der Waals surface area (Å²) in [6, 6.07) is 0. The third kappa shape index (κ3) is 3.41. The molecule has 0 aliphatic heterocycles. The zero-order chi connectivity index (χ0) is 15.2. The van der Waals surface area contributed by atoms with Gasteiger partial charge in [-0.3, -0.25) is 0 Å². The van der Waals surface area contributed by atoms with Crippen molar-refractivity contribution in [3.8, 4) is 0 Å². The van der Waals surface area contributed by atoms with E-state index >= 15 is 0 Å². The molecule has 0 spiro atoms. The van der Waals surface area contributed by atoms with Gasteiger partial charge in [-0.1, -0.05) is 0 Å². The van der Waals surface area contributed by atoms with Crippen LogP contribution in [0.1, 0.15) is 10.4 Å². The molecule has 8 heteroatoms. The summed E-state index contributed by atoms with van der Waals surface area (Å²) in [4.78, 5) is 11.6. The molecule has 0 amide bonds. The van der Waals surface area contributed by atoms with E-state index in [1.54, 1.807) is 0 Å². The van der Waals surface area contributed by atoms with Crippen LogP contribution in [0.5, 0.6) is 0 Å². The Balaban J connectivity index is 3.41. The summed E-state index contributed by atoms with van der Waals surface area (Å²) in [5, 5.41) is 0. The molecule has 2 nitrogen and oxygen atoms in total. The quantitative estimate of drug-likeness (QED) is 0.361. The van der Waals surface area contributed by atoms with E-state index in [0.717, 1.165) is 0 Å². The number of hydrogen-bond acceptors (Lipinski definition) is 2. The van der Waals surface area contributed by atoms with Gasteiger partial charge in [-0.25, -0.2) is 0 Å². The van der Waals surface area contributed by atoms with Crippen molar-refractivity contribution < 1.29 is 31.3 Å². The summed E-state index contributed by atoms with van der Waals surface area (Å²) >= 11 is 0. The van der Waals surface area contributed by atoms with Crippen molar-refractivity contribution in [1.29, 1.82) is 0 Å². The molecule has 1 rings (SSSR count). The Kier molecular flexibility index (Phi) is 3.67. The van der Waals surface area contributed by atoms with Crippen molar-refractivity contribution >= 4 is 12.8 Å². The number of benzene rings is 1. The molecule has 0 unspecified atom stereocenters. The molecule has 0 atom stereocenters. The van der Waals surface area contributed by atoms with Crippen LogP contribution in [-0.2, 0) is 4.52 Å². The first-order chi connectivity index (χ1) is 8.31. The van der Waals surface area contributed by atoms with Gasteiger partial charge in [0.15, 0.2) is 0 Å². The molecule has 1 aromatic carbocycles. The fourth-order valence-corrected chi connectivity index (χ4v) is 1.92. The monoisotopic (exact) mass is 302 g/mol. The average Bonchev–Trinajstić information content (AvgIpc) is 2.20. The molecule has 19 heavy (non-hydrogen) atoms. The summed E-state index contributed by atoms with van der Waals surface area (Å²) in [5.41, 5.74) is -1.57. The zero-order valence-electron chi connectivity index (χ0n) is 10.7. The SMILES string of the molecule is CP(C)(C)(C)OC(=O)c1c(F)c(F)c(F)c(F)c1F. The van der Waals surface area contributed by atoms with Crippen molar-refractivity contribution in [2.24, 2.45) is 0 Å². The number of carbonyl (C=O) groups is 1. The van der Waals surface area contributed by atoms with Crippen molar-refractivity contribution in [3.63, 3.8) is 0 Å². The van der Waals surface area contributed by atoms with Gasteiger partial charge in [-0.15, -0.1) is 0 Å². The molecule has 0 saturated carbocycles. The van der Waals surface area contributed by atoms with Gasteiger partial charge >= 0.3 is 105 Å². The van der Waals surface area contributed by atoms with Crippen molar-refractivity contribution in [2.75, 3.05) is 26.7 Å². The number of halogens is 5. The Labute approximate surface area is 106 Å². The predicted molar refractivity (Wildman–Crippen MR) is 62.3 cm³/mol. The Hall–Kier alpha value is -1.23. The first kappa shape index (κ1) is 15.8. The summed E-state index contributed by atoms with van der Waals surface area (Å²) in [6.45, 7) is 3.17. The van der Waals surface area contributed by atoms with E-state index in [4.69, 9.17) is 4.52 Å². The number of carbonyl (C=O) groups excluding carboxylic acids is 1. The third-order valence-electron chi connectivity index (χ3n) is 1.86. The fraction of sp³-hybridized carbons (Fsp3) is 0.364. The summed E-state index contributed by atoms with van der Waals surface area (Å²) < 4.78 is 70.2. The molecule has 108 valence electrons. The minimum atomic E-state index is -2.98. The van der Waals surface area contributed by atoms with E-state index in [-0.39, 0.29) is 0 Å². The van der Waals surface area contributed by atoms with Crippen LogP contribution in [0.25, 0.3) is 0 Å². The van der Waals surface area contributed by atoms with E-state index in [1.807, 2.05) is 0 Å². The first-order valence-corrected chi connectivity index (χ1v) is 9.02. The Bertz CT molecular complexity index is 524. The van der Waals surface area contributed by atoms with E-state index in [9.17, 15) is 26.7 Å². The summed E-state index contributed by atoms with van der Waals surface area (Å²) in [6.07, 6.45) is 0. The second-order valence-corrected chi connectivity index (χ2v) is 12.7. The third-order valence-corrected chi connectivity index (χ3v) is 2.76. The Morgan fingerprint density at radius 3 is 1.42 bits per heavy atom. The molecular formula is C11H12F5O2P. The Morgan fingerprint density at radius 2 is 1.11 bits per heavy atom. The molecule has 0 bridgehead atoms. The Morgan fingerprint density at radius 1 is 0.789 bits per heavy atom. The molecule has 0 saturated heterocycles. The van der Waals surface area contributed by atoms with E-state index in [0.29, 0.717) is 0 Å². The fourth-order valence-electron chi connectivity index (χ4n) is 1.16. The van der Waals surface area contributed by atoms with Crippen molar-refractivity contribution in [3.05, 3.63) is 34.6 Å². The molecule has 0 radical (unpaired) electrons. The molecule has 0 fully saturated rings. The van der Waals surface area contributed by atoms with Gasteiger partial charge in [0.25, 0.3) is 0 Å². The molecule has 0 aliphatic carbocycles. The molecule has 0 N–H and O–H groups in total. The molecule has 0 aromatic heterocycles. The van der Waals surface area contributed by atoms with Gasteiger partial charge in [-0.2, -0.15) is 0 Å². The summed E-state index contributed by atoms with van der Waals surface area (Å²) in [5.74, 6) is -12.6. The summed E-state index contributed by atoms with van der Waals surface area (Å²) in [7, 11) is 0. The number of rotatable bonds is 2. The van der Waals surface area contributed by atoms with E-state index in [1.165, 1.54) is 26.7 Å². The van der Waals surface area contributed by atoms with E-state index < -0.39 is 47.4 Å². The van der Waals surface area contributed by atoms with Gasteiger partial charge in [0, 0.05) is 0 Å². The van der Waals surface area contributed by atoms with Gasteiger partial charge in [0.2, 0.25) is 0 Å².